The van der Waals surface area contributed by atoms with Crippen LogP contribution in [0.5, 0.6) is 11.8 Å². The van der Waals surface area contributed by atoms with Crippen LogP contribution in [0.2, 0.25) is 0 Å². The summed E-state index contributed by atoms with van der Waals surface area (Å²) in [4.78, 5) is 20.9. The van der Waals surface area contributed by atoms with E-state index in [1.807, 2.05) is 0 Å². The Morgan fingerprint density at radius 1 is 1.02 bits per heavy atom. The number of ether oxygens (including phenoxy) is 1. The Morgan fingerprint density at radius 2 is 1.83 bits per heavy atom. The lowest BCUT2D eigenvalue weighted by molar-refractivity contribution is 0.107. The molecule has 0 spiro atoms. The summed E-state index contributed by atoms with van der Waals surface area (Å²) in [5, 5.41) is 11.7. The first-order valence-corrected chi connectivity index (χ1v) is 17.1. The highest BCUT2D eigenvalue weighted by atomic mass is 19.1. The van der Waals surface area contributed by atoms with Gasteiger partial charge in [0.15, 0.2) is 5.82 Å². The molecule has 0 radical (unpaired) electrons. The zero-order chi connectivity index (χ0) is 33.0. The number of rotatable bonds is 6. The van der Waals surface area contributed by atoms with E-state index in [0.717, 1.165) is 58.4 Å². The average molecular weight is 657 g/mol. The molecule has 2 atom stereocenters. The number of phenolic OH excluding ortho intramolecular Hbond substituents is 1. The molecule has 1 N–H and O–H groups in total. The summed E-state index contributed by atoms with van der Waals surface area (Å²) < 4.78 is 52.5. The van der Waals surface area contributed by atoms with Crippen molar-refractivity contribution in [3.63, 3.8) is 0 Å². The maximum absolute atomic E-state index is 16.9. The largest absolute Gasteiger partial charge is 0.508 e. The molecule has 250 valence electrons. The third-order valence-electron chi connectivity index (χ3n) is 11.0. The number of aromatic hydroxyl groups is 1. The van der Waals surface area contributed by atoms with Crippen LogP contribution in [0.3, 0.4) is 0 Å². The van der Waals surface area contributed by atoms with E-state index < -0.39 is 23.3 Å². The number of fused-ring (bicyclic) bond motifs is 3. The Bertz CT molecular complexity index is 1920. The molecular weight excluding hydrogens is 617 g/mol. The van der Waals surface area contributed by atoms with Crippen molar-refractivity contribution in [1.82, 2.24) is 24.8 Å². The lowest BCUT2D eigenvalue weighted by Gasteiger charge is -2.40. The minimum Gasteiger partial charge on any atom is -0.508 e. The van der Waals surface area contributed by atoms with Gasteiger partial charge in [-0.2, -0.15) is 9.97 Å². The molecule has 4 aliphatic heterocycles. The van der Waals surface area contributed by atoms with Gasteiger partial charge in [0.25, 0.3) is 0 Å². The second kappa shape index (κ2) is 12.4. The molecule has 0 amide bonds. The van der Waals surface area contributed by atoms with E-state index in [4.69, 9.17) is 16.1 Å². The smallest absolute Gasteiger partial charge is 0.319 e. The van der Waals surface area contributed by atoms with Crippen molar-refractivity contribution >= 4 is 27.5 Å². The summed E-state index contributed by atoms with van der Waals surface area (Å²) in [6, 6.07) is 6.03. The number of hydrogen-bond acceptors (Lipinski definition) is 8. The molecule has 8 rings (SSSR count). The summed E-state index contributed by atoms with van der Waals surface area (Å²) in [5.41, 5.74) is -0.438. The summed E-state index contributed by atoms with van der Waals surface area (Å²) in [5.74, 6) is 1.40. The van der Waals surface area contributed by atoms with Crippen LogP contribution < -0.4 is 9.64 Å². The number of pyridine rings is 1. The van der Waals surface area contributed by atoms with Crippen molar-refractivity contribution in [2.45, 2.75) is 69.1 Å². The van der Waals surface area contributed by atoms with Crippen molar-refractivity contribution in [3.8, 4) is 35.4 Å². The number of anilines is 1. The highest BCUT2D eigenvalue weighted by molar-refractivity contribution is 6.03. The minimum atomic E-state index is -0.913. The number of likely N-dealkylation sites (tertiary alicyclic amines) is 1. The summed E-state index contributed by atoms with van der Waals surface area (Å²) >= 11 is 0. The maximum atomic E-state index is 16.9. The standard InChI is InChI=1S/C37H39F3N6O2/c1-2-27-30(39)8-7-23-17-26(47)18-28(31(23)27)33-32(40)34-29(20-41-33)35(45-15-9-25(10-16-45)44-12-4-3-5-13-44)43-36(42-34)48-22-37-11-6-14-46(37)21-24(38)19-37/h1,7-8,17-18,20,24-25,47H,3-6,9-16,19,21-22H2/t24-,37+/m1/s1. The van der Waals surface area contributed by atoms with Gasteiger partial charge in [-0.1, -0.05) is 18.4 Å². The Kier molecular flexibility index (Phi) is 8.04. The van der Waals surface area contributed by atoms with Crippen molar-refractivity contribution in [3.05, 3.63) is 47.7 Å². The predicted octanol–water partition coefficient (Wildman–Crippen LogP) is 6.22. The number of alkyl halides is 1. The van der Waals surface area contributed by atoms with E-state index in [-0.39, 0.29) is 46.1 Å². The van der Waals surface area contributed by atoms with Crippen LogP contribution >= 0.6 is 0 Å². The SMILES string of the molecule is C#Cc1c(F)ccc2cc(O)cc(-c3ncc4c(N5CCC(N6CCCCC6)CC5)nc(OC[C@@]56CCCN5C[C@H](F)C6)nc4c3F)c12. The first-order valence-electron chi connectivity index (χ1n) is 17.1. The van der Waals surface area contributed by atoms with Crippen LogP contribution in [0.4, 0.5) is 19.0 Å². The lowest BCUT2D eigenvalue weighted by Crippen LogP contribution is -2.47. The van der Waals surface area contributed by atoms with Crippen molar-refractivity contribution < 1.29 is 23.0 Å². The van der Waals surface area contributed by atoms with Gasteiger partial charge in [0.2, 0.25) is 0 Å². The average Bonchev–Trinajstić information content (AvgIpc) is 3.63. The van der Waals surface area contributed by atoms with E-state index in [1.165, 1.54) is 49.7 Å². The molecule has 0 aliphatic carbocycles. The fraction of sp³-hybridized carbons (Fsp3) is 0.486. The zero-order valence-electron chi connectivity index (χ0n) is 26.9. The van der Waals surface area contributed by atoms with Gasteiger partial charge in [-0.25, -0.2) is 13.2 Å². The topological polar surface area (TPSA) is 77.9 Å². The number of terminal acetylenes is 1. The third-order valence-corrected chi connectivity index (χ3v) is 11.0. The van der Waals surface area contributed by atoms with Crippen LogP contribution in [0.25, 0.3) is 32.9 Å². The molecule has 11 heteroatoms. The fourth-order valence-electron chi connectivity index (χ4n) is 8.64. The van der Waals surface area contributed by atoms with Gasteiger partial charge in [0.05, 0.1) is 16.5 Å². The quantitative estimate of drug-likeness (QED) is 0.245. The fourth-order valence-corrected chi connectivity index (χ4v) is 8.64. The second-order valence-corrected chi connectivity index (χ2v) is 13.8. The molecule has 0 bridgehead atoms. The van der Waals surface area contributed by atoms with Crippen LogP contribution in [-0.4, -0.2) is 93.5 Å². The molecule has 4 fully saturated rings. The molecule has 0 saturated carbocycles. The molecule has 8 nitrogen and oxygen atoms in total. The van der Waals surface area contributed by atoms with E-state index in [9.17, 15) is 13.9 Å². The van der Waals surface area contributed by atoms with E-state index >= 15 is 4.39 Å². The summed E-state index contributed by atoms with van der Waals surface area (Å²) in [6.45, 7) is 5.15. The van der Waals surface area contributed by atoms with Gasteiger partial charge in [0.1, 0.15) is 41.4 Å². The van der Waals surface area contributed by atoms with Crippen LogP contribution in [0.15, 0.2) is 30.5 Å². The number of aromatic nitrogens is 3. The van der Waals surface area contributed by atoms with Gasteiger partial charge < -0.3 is 19.6 Å². The zero-order valence-corrected chi connectivity index (χ0v) is 26.9. The Morgan fingerprint density at radius 3 is 2.62 bits per heavy atom. The number of piperidine rings is 2. The van der Waals surface area contributed by atoms with Crippen LogP contribution in [0, 0.1) is 24.0 Å². The van der Waals surface area contributed by atoms with Gasteiger partial charge in [-0.05, 0) is 81.7 Å². The molecule has 6 heterocycles. The maximum Gasteiger partial charge on any atom is 0.319 e. The third kappa shape index (κ3) is 5.39. The van der Waals surface area contributed by atoms with Crippen LogP contribution in [0.1, 0.15) is 56.9 Å². The van der Waals surface area contributed by atoms with Gasteiger partial charge in [0, 0.05) is 49.2 Å². The number of halogens is 3. The van der Waals surface area contributed by atoms with Crippen molar-refractivity contribution in [1.29, 1.82) is 0 Å². The lowest BCUT2D eigenvalue weighted by atomic mass is 9.95. The van der Waals surface area contributed by atoms with Crippen LogP contribution in [-0.2, 0) is 0 Å². The molecule has 0 unspecified atom stereocenters. The molecule has 4 saturated heterocycles. The number of nitrogens with zero attached hydrogens (tertiary/aromatic N) is 6. The monoisotopic (exact) mass is 656 g/mol. The van der Waals surface area contributed by atoms with Gasteiger partial charge in [-0.15, -0.1) is 6.42 Å². The molecule has 2 aromatic heterocycles. The Balaban J connectivity index is 1.21. The van der Waals surface area contributed by atoms with E-state index in [1.54, 1.807) is 0 Å². The highest BCUT2D eigenvalue weighted by Gasteiger charge is 2.49. The van der Waals surface area contributed by atoms with E-state index in [2.05, 4.69) is 30.6 Å². The number of hydrogen-bond donors (Lipinski definition) is 1. The Labute approximate surface area is 277 Å². The summed E-state index contributed by atoms with van der Waals surface area (Å²) in [7, 11) is 0. The summed E-state index contributed by atoms with van der Waals surface area (Å²) in [6.07, 6.45) is 14.2. The molecule has 4 aliphatic rings. The highest BCUT2D eigenvalue weighted by Crippen LogP contribution is 2.42. The first kappa shape index (κ1) is 31.1. The van der Waals surface area contributed by atoms with E-state index in [0.29, 0.717) is 35.6 Å². The predicted molar refractivity (Wildman–Crippen MR) is 179 cm³/mol. The first-order chi connectivity index (χ1) is 23.3. The van der Waals surface area contributed by atoms with Gasteiger partial charge in [-0.3, -0.25) is 9.88 Å². The Hall–Kier alpha value is -4.14. The molecule has 4 aromatic rings. The molecule has 48 heavy (non-hydrogen) atoms. The number of phenols is 1. The minimum absolute atomic E-state index is 0.00359. The second-order valence-electron chi connectivity index (χ2n) is 13.8. The van der Waals surface area contributed by atoms with Gasteiger partial charge >= 0.3 is 6.01 Å². The van der Waals surface area contributed by atoms with Crippen molar-refractivity contribution in [2.24, 2.45) is 0 Å². The number of benzene rings is 2. The molecular formula is C37H39F3N6O2. The van der Waals surface area contributed by atoms with Crippen molar-refractivity contribution in [2.75, 3.05) is 50.8 Å². The molecule has 2 aromatic carbocycles. The normalized spacial score (nSPS) is 24.0.